The van der Waals surface area contributed by atoms with Crippen LogP contribution in [0.3, 0.4) is 0 Å². The van der Waals surface area contributed by atoms with Crippen molar-refractivity contribution in [1.82, 2.24) is 0 Å². The molecule has 1 rings (SSSR count). The first-order valence-electron chi connectivity index (χ1n) is 30.3. The second-order valence-corrected chi connectivity index (χ2v) is 21.0. The molecule has 0 bridgehead atoms. The first-order valence-corrected chi connectivity index (χ1v) is 30.3. The molecular weight excluding hydrogens is 925 g/mol. The van der Waals surface area contributed by atoms with E-state index in [1.807, 2.05) is 0 Å². The number of carboxylic acids is 1. The van der Waals surface area contributed by atoms with Crippen LogP contribution in [-0.2, 0) is 42.9 Å². The van der Waals surface area contributed by atoms with Crippen LogP contribution in [0.15, 0.2) is 24.3 Å². The molecule has 1 fully saturated rings. The number of aliphatic hydroxyl groups excluding tert-OH is 2. The highest BCUT2D eigenvalue weighted by molar-refractivity contribution is 5.74. The minimum atomic E-state index is -1.90. The number of esters is 3. The monoisotopic (exact) mass is 1030 g/mol. The van der Waals surface area contributed by atoms with Crippen molar-refractivity contribution in [2.45, 2.75) is 327 Å². The Balaban J connectivity index is 2.61. The van der Waals surface area contributed by atoms with E-state index in [1.165, 1.54) is 154 Å². The molecule has 0 amide bonds. The fourth-order valence-electron chi connectivity index (χ4n) is 9.34. The average Bonchev–Trinajstić information content (AvgIpc) is 3.37. The van der Waals surface area contributed by atoms with Crippen LogP contribution in [-0.4, -0.2) is 89.2 Å². The van der Waals surface area contributed by atoms with Crippen molar-refractivity contribution in [1.29, 1.82) is 0 Å². The number of hydrogen-bond acceptors (Lipinski definition) is 11. The molecule has 0 aliphatic carbocycles. The van der Waals surface area contributed by atoms with Gasteiger partial charge >= 0.3 is 23.9 Å². The van der Waals surface area contributed by atoms with Crippen molar-refractivity contribution in [3.8, 4) is 0 Å². The standard InChI is InChI=1S/C61H110O12/c1-4-7-10-13-16-19-21-23-25-26-27-28-30-32-34-37-40-43-46-49-55(64)72-59-57(66)56(65)58(60(67)68)73-61(59)70-51-52(71-54(63)48-45-42-39-35-18-15-12-9-6-3)50-69-53(62)47-44-41-38-36-33-31-29-24-22-20-17-14-11-8-5-2/h16,19,23,25,52,56-59,61,65-66H,4-15,17-18,20-22,24,26-51H2,1-3H3,(H,67,68)/b19-16-,25-23-. The van der Waals surface area contributed by atoms with Gasteiger partial charge in [-0.3, -0.25) is 14.4 Å². The highest BCUT2D eigenvalue weighted by atomic mass is 16.7. The van der Waals surface area contributed by atoms with Crippen molar-refractivity contribution in [3.05, 3.63) is 24.3 Å². The van der Waals surface area contributed by atoms with Gasteiger partial charge in [0, 0.05) is 19.3 Å². The summed E-state index contributed by atoms with van der Waals surface area (Å²) in [4.78, 5) is 51.0. The van der Waals surface area contributed by atoms with Gasteiger partial charge in [-0.05, 0) is 51.4 Å². The van der Waals surface area contributed by atoms with Gasteiger partial charge in [0.05, 0.1) is 6.61 Å². The smallest absolute Gasteiger partial charge is 0.335 e. The Morgan fingerprint density at radius 1 is 0.452 bits per heavy atom. The fraction of sp³-hybridized carbons (Fsp3) is 0.869. The highest BCUT2D eigenvalue weighted by Crippen LogP contribution is 2.27. The second kappa shape index (κ2) is 50.0. The molecular formula is C61H110O12. The normalized spacial score (nSPS) is 18.4. The summed E-state index contributed by atoms with van der Waals surface area (Å²) in [6.07, 6.45) is 44.4. The minimum Gasteiger partial charge on any atom is -0.479 e. The number of unbranched alkanes of at least 4 members (excludes halogenated alkanes) is 34. The zero-order valence-corrected chi connectivity index (χ0v) is 46.9. The number of carbonyl (C=O) groups is 4. The molecule has 0 spiro atoms. The van der Waals surface area contributed by atoms with E-state index in [1.54, 1.807) is 0 Å². The van der Waals surface area contributed by atoms with Crippen LogP contribution in [0.5, 0.6) is 0 Å². The molecule has 6 atom stereocenters. The Morgan fingerprint density at radius 2 is 0.822 bits per heavy atom. The molecule has 0 aromatic heterocycles. The summed E-state index contributed by atoms with van der Waals surface area (Å²) in [6.45, 7) is 5.97. The predicted molar refractivity (Wildman–Crippen MR) is 294 cm³/mol. The van der Waals surface area contributed by atoms with Gasteiger partial charge < -0.3 is 39.0 Å². The molecule has 0 saturated carbocycles. The lowest BCUT2D eigenvalue weighted by Crippen LogP contribution is -2.61. The average molecular weight is 1040 g/mol. The Bertz CT molecular complexity index is 1370. The number of rotatable bonds is 52. The van der Waals surface area contributed by atoms with E-state index in [2.05, 4.69) is 45.1 Å². The Morgan fingerprint density at radius 3 is 1.26 bits per heavy atom. The number of aliphatic carboxylic acids is 1. The molecule has 6 unspecified atom stereocenters. The summed E-state index contributed by atoms with van der Waals surface area (Å²) >= 11 is 0. The summed E-state index contributed by atoms with van der Waals surface area (Å²) in [5.41, 5.74) is 0. The third-order valence-electron chi connectivity index (χ3n) is 14.0. The lowest BCUT2D eigenvalue weighted by molar-refractivity contribution is -0.301. The van der Waals surface area contributed by atoms with Gasteiger partial charge in [0.15, 0.2) is 24.6 Å². The Kier molecular flexibility index (Phi) is 46.8. The van der Waals surface area contributed by atoms with Gasteiger partial charge in [0.25, 0.3) is 0 Å². The minimum absolute atomic E-state index is 0.0605. The van der Waals surface area contributed by atoms with E-state index in [0.717, 1.165) is 77.0 Å². The van der Waals surface area contributed by atoms with Gasteiger partial charge in [-0.1, -0.05) is 244 Å². The molecule has 12 nitrogen and oxygen atoms in total. The van der Waals surface area contributed by atoms with E-state index in [9.17, 15) is 34.5 Å². The highest BCUT2D eigenvalue weighted by Gasteiger charge is 2.50. The Hall–Kier alpha value is -2.80. The second-order valence-electron chi connectivity index (χ2n) is 21.0. The molecule has 1 heterocycles. The largest absolute Gasteiger partial charge is 0.479 e. The maximum atomic E-state index is 13.1. The summed E-state index contributed by atoms with van der Waals surface area (Å²) in [5.74, 6) is -3.09. The zero-order chi connectivity index (χ0) is 53.3. The molecule has 1 aliphatic rings. The molecule has 426 valence electrons. The maximum Gasteiger partial charge on any atom is 0.335 e. The number of aliphatic hydroxyl groups is 2. The first-order chi connectivity index (χ1) is 35.6. The SMILES string of the molecule is CCCCC/C=C\C/C=C\CCCCCCCCCCCC(=O)OC1C(OCC(COC(=O)CCCCCCCCCCCCCCCCC)OC(=O)CCCCCCCCCCC)OC(C(=O)O)C(O)C1O. The van der Waals surface area contributed by atoms with E-state index in [-0.39, 0.29) is 25.9 Å². The van der Waals surface area contributed by atoms with Gasteiger partial charge in [0.2, 0.25) is 0 Å². The van der Waals surface area contributed by atoms with E-state index < -0.39 is 67.3 Å². The summed E-state index contributed by atoms with van der Waals surface area (Å²) < 4.78 is 28.4. The zero-order valence-electron chi connectivity index (χ0n) is 46.9. The summed E-state index contributed by atoms with van der Waals surface area (Å²) in [7, 11) is 0. The lowest BCUT2D eigenvalue weighted by atomic mass is 9.98. The van der Waals surface area contributed by atoms with Crippen LogP contribution in [0.1, 0.15) is 290 Å². The molecule has 12 heteroatoms. The van der Waals surface area contributed by atoms with Crippen LogP contribution < -0.4 is 0 Å². The number of hydrogen-bond donors (Lipinski definition) is 3. The van der Waals surface area contributed by atoms with Gasteiger partial charge in [-0.25, -0.2) is 4.79 Å². The van der Waals surface area contributed by atoms with Gasteiger partial charge in [0.1, 0.15) is 18.8 Å². The lowest BCUT2D eigenvalue weighted by Gasteiger charge is -2.40. The van der Waals surface area contributed by atoms with E-state index >= 15 is 0 Å². The molecule has 73 heavy (non-hydrogen) atoms. The predicted octanol–water partition coefficient (Wildman–Crippen LogP) is 15.5. The van der Waals surface area contributed by atoms with Crippen LogP contribution in [0, 0.1) is 0 Å². The van der Waals surface area contributed by atoms with Crippen LogP contribution in [0.4, 0.5) is 0 Å². The number of allylic oxidation sites excluding steroid dienone is 4. The maximum absolute atomic E-state index is 13.1. The topological polar surface area (TPSA) is 175 Å². The molecule has 1 aliphatic heterocycles. The Labute approximate surface area is 445 Å². The quantitative estimate of drug-likeness (QED) is 0.0228. The number of carbonyl (C=O) groups excluding carboxylic acids is 3. The van der Waals surface area contributed by atoms with E-state index in [4.69, 9.17) is 23.7 Å². The van der Waals surface area contributed by atoms with Crippen molar-refractivity contribution in [2.75, 3.05) is 13.2 Å². The van der Waals surface area contributed by atoms with Crippen molar-refractivity contribution >= 4 is 23.9 Å². The summed E-state index contributed by atoms with van der Waals surface area (Å²) in [6, 6.07) is 0. The first kappa shape index (κ1) is 68.2. The van der Waals surface area contributed by atoms with Crippen LogP contribution in [0.25, 0.3) is 0 Å². The third-order valence-corrected chi connectivity index (χ3v) is 14.0. The van der Waals surface area contributed by atoms with Crippen molar-refractivity contribution in [3.63, 3.8) is 0 Å². The summed E-state index contributed by atoms with van der Waals surface area (Å²) in [5, 5.41) is 31.5. The van der Waals surface area contributed by atoms with Gasteiger partial charge in [-0.2, -0.15) is 0 Å². The third kappa shape index (κ3) is 40.2. The molecule has 0 aromatic carbocycles. The fourth-order valence-corrected chi connectivity index (χ4v) is 9.34. The van der Waals surface area contributed by atoms with Crippen molar-refractivity contribution in [2.24, 2.45) is 0 Å². The van der Waals surface area contributed by atoms with Crippen LogP contribution >= 0.6 is 0 Å². The molecule has 3 N–H and O–H groups in total. The van der Waals surface area contributed by atoms with Gasteiger partial charge in [-0.15, -0.1) is 0 Å². The molecule has 0 aromatic rings. The molecule has 1 saturated heterocycles. The van der Waals surface area contributed by atoms with Crippen molar-refractivity contribution < 1.29 is 58.2 Å². The van der Waals surface area contributed by atoms with Crippen LogP contribution in [0.2, 0.25) is 0 Å². The number of ether oxygens (including phenoxy) is 5. The van der Waals surface area contributed by atoms with E-state index in [0.29, 0.717) is 19.3 Å². The number of carboxylic acid groups (broad SMARTS) is 1. The molecule has 0 radical (unpaired) electrons.